The molecule has 158 valence electrons. The van der Waals surface area contributed by atoms with Crippen LogP contribution in [0.25, 0.3) is 0 Å². The lowest BCUT2D eigenvalue weighted by molar-refractivity contribution is -0.385. The number of hydrogen-bond donors (Lipinski definition) is 1. The number of carbonyl (C=O) groups excluding carboxylic acids is 1. The molecule has 0 heterocycles. The van der Waals surface area contributed by atoms with E-state index in [4.69, 9.17) is 4.74 Å². The molecule has 0 aromatic heterocycles. The van der Waals surface area contributed by atoms with E-state index in [0.717, 1.165) is 18.2 Å². The van der Waals surface area contributed by atoms with Crippen molar-refractivity contribution in [2.24, 2.45) is 0 Å². The minimum atomic E-state index is -1.67. The average Bonchev–Trinajstić information content (AvgIpc) is 2.51. The second-order valence-corrected chi connectivity index (χ2v) is 10.6. The second-order valence-electron chi connectivity index (χ2n) is 8.60. The predicted octanol–water partition coefficient (Wildman–Crippen LogP) is 4.12. The minimum absolute atomic E-state index is 0.0901. The maximum absolute atomic E-state index is 14.7. The van der Waals surface area contributed by atoms with Crippen molar-refractivity contribution in [1.29, 1.82) is 0 Å². The molecule has 0 saturated carbocycles. The summed E-state index contributed by atoms with van der Waals surface area (Å²) in [6, 6.07) is 3.11. The van der Waals surface area contributed by atoms with E-state index in [9.17, 15) is 23.9 Å². The molecule has 0 radical (unpaired) electrons. The van der Waals surface area contributed by atoms with Gasteiger partial charge in [-0.15, -0.1) is 4.72 Å². The van der Waals surface area contributed by atoms with Crippen LogP contribution in [-0.2, 0) is 26.4 Å². The number of carbonyl (C=O) groups is 1. The van der Waals surface area contributed by atoms with Crippen molar-refractivity contribution in [1.82, 2.24) is 4.72 Å². The second kappa shape index (κ2) is 8.75. The Morgan fingerprint density at radius 2 is 1.82 bits per heavy atom. The number of non-ortho nitro benzene ring substituents is 1. The van der Waals surface area contributed by atoms with Crippen molar-refractivity contribution in [3.8, 4) is 0 Å². The molecule has 0 bridgehead atoms. The molecule has 9 heteroatoms. The van der Waals surface area contributed by atoms with E-state index in [0.29, 0.717) is 0 Å². The summed E-state index contributed by atoms with van der Waals surface area (Å²) in [7, 11) is 0. The molecule has 0 saturated heterocycles. The molecule has 0 amide bonds. The number of ether oxygens (including phenoxy) is 1. The van der Waals surface area contributed by atoms with Gasteiger partial charge in [-0.1, -0.05) is 6.92 Å². The van der Waals surface area contributed by atoms with Gasteiger partial charge in [0.1, 0.15) is 21.7 Å². The molecule has 0 fully saturated rings. The molecule has 0 spiro atoms. The van der Waals surface area contributed by atoms with Gasteiger partial charge in [-0.05, 0) is 54.0 Å². The summed E-state index contributed by atoms with van der Waals surface area (Å²) in [6.07, 6.45) is -0.174. The monoisotopic (exact) mass is 416 g/mol. The standard InChI is InChI=1S/C19H29FN2O5S/c1-8-19(21-28(26)18(5,6)7,12-16(23)27-17(2,3)4)14-11-13(22(24)25)9-10-15(14)20/h9-11,21H,8,12H2,1-7H3/t19-,28?/m0/s1. The number of benzene rings is 1. The molecule has 28 heavy (non-hydrogen) atoms. The number of nitro groups is 1. The lowest BCUT2D eigenvalue weighted by Crippen LogP contribution is -2.53. The lowest BCUT2D eigenvalue weighted by atomic mass is 9.84. The van der Waals surface area contributed by atoms with Crippen molar-refractivity contribution < 1.29 is 23.4 Å². The molecule has 1 aromatic carbocycles. The highest BCUT2D eigenvalue weighted by Gasteiger charge is 2.44. The number of halogens is 1. The number of esters is 1. The van der Waals surface area contributed by atoms with Crippen LogP contribution in [0.2, 0.25) is 0 Å². The van der Waals surface area contributed by atoms with Gasteiger partial charge in [-0.25, -0.2) is 4.39 Å². The Balaban J connectivity index is 3.51. The first-order chi connectivity index (χ1) is 12.6. The first-order valence-corrected chi connectivity index (χ1v) is 10.1. The zero-order valence-electron chi connectivity index (χ0n) is 17.4. The number of nitro benzene ring substituents is 1. The van der Waals surface area contributed by atoms with E-state index in [1.807, 2.05) is 0 Å². The molecule has 0 aliphatic heterocycles. The van der Waals surface area contributed by atoms with Crippen LogP contribution in [0.3, 0.4) is 0 Å². The molecule has 7 nitrogen and oxygen atoms in total. The van der Waals surface area contributed by atoms with E-state index in [-0.39, 0.29) is 24.1 Å². The number of hydrogen-bond acceptors (Lipinski definition) is 6. The number of nitrogens with one attached hydrogen (secondary N) is 1. The molecule has 1 rings (SSSR count). The van der Waals surface area contributed by atoms with Gasteiger partial charge in [0.15, 0.2) is 0 Å². The predicted molar refractivity (Wildman–Crippen MR) is 107 cm³/mol. The highest BCUT2D eigenvalue weighted by Crippen LogP contribution is 2.36. The number of rotatable bonds is 7. The Bertz CT molecular complexity index is 730. The van der Waals surface area contributed by atoms with Crippen LogP contribution in [-0.4, -0.2) is 25.8 Å². The summed E-state index contributed by atoms with van der Waals surface area (Å²) < 4.78 is 35.1. The topological polar surface area (TPSA) is 105 Å². The largest absolute Gasteiger partial charge is 0.598 e. The van der Waals surface area contributed by atoms with E-state index in [1.165, 1.54) is 0 Å². The summed E-state index contributed by atoms with van der Waals surface area (Å²) in [6.45, 7) is 12.0. The van der Waals surface area contributed by atoms with Gasteiger partial charge >= 0.3 is 5.97 Å². The lowest BCUT2D eigenvalue weighted by Gasteiger charge is -2.37. The van der Waals surface area contributed by atoms with Crippen LogP contribution in [0.5, 0.6) is 0 Å². The molecule has 1 unspecified atom stereocenters. The van der Waals surface area contributed by atoms with Crippen molar-refractivity contribution in [2.45, 2.75) is 77.2 Å². The Hall–Kier alpha value is -1.71. The van der Waals surface area contributed by atoms with Crippen LogP contribution in [0.15, 0.2) is 18.2 Å². The summed E-state index contributed by atoms with van der Waals surface area (Å²) in [5.41, 5.74) is -2.60. The van der Waals surface area contributed by atoms with Gasteiger partial charge in [0, 0.05) is 29.1 Å². The third-order valence-electron chi connectivity index (χ3n) is 3.99. The van der Waals surface area contributed by atoms with E-state index >= 15 is 0 Å². The first kappa shape index (κ1) is 24.3. The SMILES string of the molecule is CC[C@@](CC(=O)OC(C)(C)C)(N[S+]([O-])C(C)(C)C)c1cc([N+](=O)[O-])ccc1F. The minimum Gasteiger partial charge on any atom is -0.598 e. The van der Waals surface area contributed by atoms with Crippen molar-refractivity contribution in [3.63, 3.8) is 0 Å². The van der Waals surface area contributed by atoms with Crippen LogP contribution >= 0.6 is 0 Å². The van der Waals surface area contributed by atoms with Gasteiger partial charge in [0.2, 0.25) is 0 Å². The maximum atomic E-state index is 14.7. The van der Waals surface area contributed by atoms with Crippen LogP contribution in [0.1, 0.15) is 66.9 Å². The Labute approximate surface area is 168 Å². The van der Waals surface area contributed by atoms with Gasteiger partial charge in [0.05, 0.1) is 11.3 Å². The van der Waals surface area contributed by atoms with Gasteiger partial charge in [-0.2, -0.15) is 0 Å². The van der Waals surface area contributed by atoms with E-state index in [2.05, 4.69) is 4.72 Å². The summed E-state index contributed by atoms with van der Waals surface area (Å²) in [5.74, 6) is -1.35. The molecule has 2 atom stereocenters. The summed E-state index contributed by atoms with van der Waals surface area (Å²) in [4.78, 5) is 23.1. The maximum Gasteiger partial charge on any atom is 0.308 e. The Morgan fingerprint density at radius 1 is 1.25 bits per heavy atom. The van der Waals surface area contributed by atoms with E-state index in [1.54, 1.807) is 48.5 Å². The fourth-order valence-corrected chi connectivity index (χ4v) is 3.51. The molecular formula is C19H29FN2O5S. The van der Waals surface area contributed by atoms with Crippen LogP contribution in [0.4, 0.5) is 10.1 Å². The molecule has 0 aliphatic rings. The molecular weight excluding hydrogens is 387 g/mol. The normalized spacial score (nSPS) is 15.6. The van der Waals surface area contributed by atoms with Gasteiger partial charge in [0.25, 0.3) is 5.69 Å². The zero-order chi connectivity index (χ0) is 21.9. The van der Waals surface area contributed by atoms with Crippen LogP contribution in [0, 0.1) is 15.9 Å². The smallest absolute Gasteiger partial charge is 0.308 e. The molecule has 1 N–H and O–H groups in total. The Morgan fingerprint density at radius 3 is 2.25 bits per heavy atom. The third kappa shape index (κ3) is 6.42. The third-order valence-corrected chi connectivity index (χ3v) is 5.68. The summed E-state index contributed by atoms with van der Waals surface area (Å²) >= 11 is -1.67. The fraction of sp³-hybridized carbons (Fsp3) is 0.632. The van der Waals surface area contributed by atoms with Crippen molar-refractivity contribution in [3.05, 3.63) is 39.7 Å². The van der Waals surface area contributed by atoms with Crippen molar-refractivity contribution in [2.75, 3.05) is 0 Å². The highest BCUT2D eigenvalue weighted by atomic mass is 32.2. The van der Waals surface area contributed by atoms with Crippen LogP contribution < -0.4 is 4.72 Å². The van der Waals surface area contributed by atoms with Gasteiger partial charge < -0.3 is 9.29 Å². The van der Waals surface area contributed by atoms with Gasteiger partial charge in [-0.3, -0.25) is 14.9 Å². The molecule has 0 aliphatic carbocycles. The average molecular weight is 417 g/mol. The summed E-state index contributed by atoms with van der Waals surface area (Å²) in [5, 5.41) is 11.2. The fourth-order valence-electron chi connectivity index (χ4n) is 2.52. The van der Waals surface area contributed by atoms with E-state index < -0.39 is 44.0 Å². The number of nitrogens with zero attached hydrogens (tertiary/aromatic N) is 1. The van der Waals surface area contributed by atoms with Crippen molar-refractivity contribution >= 4 is 23.0 Å². The Kier molecular flexibility index (Phi) is 7.60. The highest BCUT2D eigenvalue weighted by molar-refractivity contribution is 7.90. The molecule has 1 aromatic rings. The first-order valence-electron chi connectivity index (χ1n) is 8.97. The quantitative estimate of drug-likeness (QED) is 0.310. The zero-order valence-corrected chi connectivity index (χ0v) is 18.2.